The first-order valence-electron chi connectivity index (χ1n) is 7.48. The molecule has 1 saturated carbocycles. The van der Waals surface area contributed by atoms with Crippen molar-refractivity contribution in [1.82, 2.24) is 10.2 Å². The minimum Gasteiger partial charge on any atom is -0.339 e. The van der Waals surface area contributed by atoms with E-state index in [1.165, 1.54) is 12.1 Å². The Morgan fingerprint density at radius 2 is 1.70 bits per heavy atom. The van der Waals surface area contributed by atoms with Gasteiger partial charge in [0.15, 0.2) is 0 Å². The van der Waals surface area contributed by atoms with Gasteiger partial charge in [-0.15, -0.1) is 0 Å². The smallest absolute Gasteiger partial charge is 0.233 e. The van der Waals surface area contributed by atoms with Crippen LogP contribution in [-0.2, 0) is 10.2 Å². The first-order valence-corrected chi connectivity index (χ1v) is 7.48. The summed E-state index contributed by atoms with van der Waals surface area (Å²) in [6.07, 6.45) is 3.94. The number of carbonyl (C=O) groups is 1. The van der Waals surface area contributed by atoms with Crippen molar-refractivity contribution in [1.29, 1.82) is 0 Å². The van der Waals surface area contributed by atoms with Gasteiger partial charge in [0.25, 0.3) is 0 Å². The average Bonchev–Trinajstić information content (AvgIpc) is 2.99. The van der Waals surface area contributed by atoms with E-state index >= 15 is 0 Å². The second kappa shape index (κ2) is 5.52. The van der Waals surface area contributed by atoms with E-state index < -0.39 is 5.41 Å². The Balaban J connectivity index is 1.90. The van der Waals surface area contributed by atoms with Gasteiger partial charge in [0.2, 0.25) is 5.91 Å². The highest BCUT2D eigenvalue weighted by molar-refractivity contribution is 5.88. The van der Waals surface area contributed by atoms with Gasteiger partial charge in [0, 0.05) is 26.2 Å². The molecule has 20 heavy (non-hydrogen) atoms. The van der Waals surface area contributed by atoms with Crippen molar-refractivity contribution in [3.05, 3.63) is 35.6 Å². The summed E-state index contributed by atoms with van der Waals surface area (Å²) in [6.45, 7) is 3.29. The molecule has 1 aromatic rings. The SMILES string of the molecule is O=C(N1CCNCC1)C1(c2ccc(F)cc2)CCCC1. The fourth-order valence-corrected chi connectivity index (χ4v) is 3.54. The van der Waals surface area contributed by atoms with Crippen LogP contribution >= 0.6 is 0 Å². The number of halogens is 1. The number of benzene rings is 1. The molecule has 3 rings (SSSR count). The molecule has 1 aromatic carbocycles. The van der Waals surface area contributed by atoms with Crippen LogP contribution in [0.1, 0.15) is 31.2 Å². The number of piperazine rings is 1. The van der Waals surface area contributed by atoms with Gasteiger partial charge < -0.3 is 10.2 Å². The summed E-state index contributed by atoms with van der Waals surface area (Å²) in [7, 11) is 0. The van der Waals surface area contributed by atoms with Gasteiger partial charge in [-0.05, 0) is 30.5 Å². The third-order valence-electron chi connectivity index (χ3n) is 4.67. The van der Waals surface area contributed by atoms with Crippen LogP contribution in [0.3, 0.4) is 0 Å². The molecule has 2 fully saturated rings. The molecule has 3 nitrogen and oxygen atoms in total. The summed E-state index contributed by atoms with van der Waals surface area (Å²) in [5.74, 6) is -0.000346. The highest BCUT2D eigenvalue weighted by Crippen LogP contribution is 2.42. The topological polar surface area (TPSA) is 32.3 Å². The molecule has 4 heteroatoms. The monoisotopic (exact) mass is 276 g/mol. The van der Waals surface area contributed by atoms with E-state index in [0.29, 0.717) is 0 Å². The summed E-state index contributed by atoms with van der Waals surface area (Å²) in [5.41, 5.74) is 0.574. The fraction of sp³-hybridized carbons (Fsp3) is 0.562. The molecule has 1 aliphatic carbocycles. The first kappa shape index (κ1) is 13.6. The van der Waals surface area contributed by atoms with Crippen molar-refractivity contribution in [2.24, 2.45) is 0 Å². The van der Waals surface area contributed by atoms with Crippen molar-refractivity contribution >= 4 is 5.91 Å². The maximum Gasteiger partial charge on any atom is 0.233 e. The Morgan fingerprint density at radius 3 is 2.30 bits per heavy atom. The van der Waals surface area contributed by atoms with Crippen LogP contribution in [0.4, 0.5) is 4.39 Å². The lowest BCUT2D eigenvalue weighted by molar-refractivity contribution is -0.138. The molecular weight excluding hydrogens is 255 g/mol. The van der Waals surface area contributed by atoms with Crippen LogP contribution in [-0.4, -0.2) is 37.0 Å². The fourth-order valence-electron chi connectivity index (χ4n) is 3.54. The van der Waals surface area contributed by atoms with E-state index in [9.17, 15) is 9.18 Å². The molecule has 1 saturated heterocycles. The lowest BCUT2D eigenvalue weighted by Gasteiger charge is -2.37. The van der Waals surface area contributed by atoms with E-state index in [-0.39, 0.29) is 11.7 Å². The second-order valence-corrected chi connectivity index (χ2v) is 5.84. The molecule has 1 amide bonds. The van der Waals surface area contributed by atoms with E-state index in [0.717, 1.165) is 57.4 Å². The number of carbonyl (C=O) groups excluding carboxylic acids is 1. The van der Waals surface area contributed by atoms with E-state index in [2.05, 4.69) is 5.32 Å². The molecule has 1 heterocycles. The summed E-state index contributed by atoms with van der Waals surface area (Å²) < 4.78 is 13.2. The van der Waals surface area contributed by atoms with E-state index in [4.69, 9.17) is 0 Å². The largest absolute Gasteiger partial charge is 0.339 e. The van der Waals surface area contributed by atoms with Crippen LogP contribution in [0.15, 0.2) is 24.3 Å². The quantitative estimate of drug-likeness (QED) is 0.897. The number of nitrogens with one attached hydrogen (secondary N) is 1. The van der Waals surface area contributed by atoms with Crippen molar-refractivity contribution in [3.8, 4) is 0 Å². The van der Waals surface area contributed by atoms with Crippen LogP contribution < -0.4 is 5.32 Å². The third kappa shape index (κ3) is 2.33. The zero-order valence-corrected chi connectivity index (χ0v) is 11.7. The summed E-state index contributed by atoms with van der Waals surface area (Å²) in [6, 6.07) is 6.53. The number of nitrogens with zero attached hydrogens (tertiary/aromatic N) is 1. The number of amides is 1. The van der Waals surface area contributed by atoms with Crippen molar-refractivity contribution in [2.45, 2.75) is 31.1 Å². The molecule has 1 N–H and O–H groups in total. The Labute approximate surface area is 119 Å². The molecule has 108 valence electrons. The molecule has 0 atom stereocenters. The van der Waals surface area contributed by atoms with E-state index in [1.807, 2.05) is 4.90 Å². The van der Waals surface area contributed by atoms with Crippen molar-refractivity contribution < 1.29 is 9.18 Å². The van der Waals surface area contributed by atoms with Gasteiger partial charge in [-0.3, -0.25) is 4.79 Å². The number of hydrogen-bond donors (Lipinski definition) is 1. The Hall–Kier alpha value is -1.42. The van der Waals surface area contributed by atoms with Gasteiger partial charge in [0.1, 0.15) is 5.82 Å². The Morgan fingerprint density at radius 1 is 1.10 bits per heavy atom. The summed E-state index contributed by atoms with van der Waals surface area (Å²) in [5, 5.41) is 3.28. The third-order valence-corrected chi connectivity index (χ3v) is 4.67. The molecular formula is C16H21FN2O. The normalized spacial score (nSPS) is 21.9. The van der Waals surface area contributed by atoms with Crippen molar-refractivity contribution in [2.75, 3.05) is 26.2 Å². The standard InChI is InChI=1S/C16H21FN2O/c17-14-5-3-13(4-6-14)16(7-1-2-8-16)15(20)19-11-9-18-10-12-19/h3-6,18H,1-2,7-12H2. The minimum atomic E-state index is -0.412. The molecule has 1 aliphatic heterocycles. The highest BCUT2D eigenvalue weighted by Gasteiger charge is 2.44. The molecule has 0 bridgehead atoms. The van der Waals surface area contributed by atoms with Gasteiger partial charge in [-0.25, -0.2) is 4.39 Å². The molecule has 0 spiro atoms. The maximum absolute atomic E-state index is 13.2. The van der Waals surface area contributed by atoms with E-state index in [1.54, 1.807) is 12.1 Å². The van der Waals surface area contributed by atoms with Crippen LogP contribution in [0.25, 0.3) is 0 Å². The zero-order valence-electron chi connectivity index (χ0n) is 11.7. The van der Waals surface area contributed by atoms with Crippen molar-refractivity contribution in [3.63, 3.8) is 0 Å². The van der Waals surface area contributed by atoms with Gasteiger partial charge >= 0.3 is 0 Å². The summed E-state index contributed by atoms with van der Waals surface area (Å²) >= 11 is 0. The zero-order chi connectivity index (χ0) is 14.0. The van der Waals surface area contributed by atoms with Gasteiger partial charge in [-0.1, -0.05) is 25.0 Å². The van der Waals surface area contributed by atoms with Gasteiger partial charge in [0.05, 0.1) is 5.41 Å². The molecule has 0 aromatic heterocycles. The Bertz CT molecular complexity index is 474. The second-order valence-electron chi connectivity index (χ2n) is 5.84. The summed E-state index contributed by atoms with van der Waals surface area (Å²) in [4.78, 5) is 15.0. The molecule has 2 aliphatic rings. The highest BCUT2D eigenvalue weighted by atomic mass is 19.1. The Kier molecular flexibility index (Phi) is 3.74. The molecule has 0 radical (unpaired) electrons. The molecule has 0 unspecified atom stereocenters. The van der Waals surface area contributed by atoms with Crippen LogP contribution in [0.2, 0.25) is 0 Å². The predicted molar refractivity (Wildman–Crippen MR) is 76.0 cm³/mol. The van der Waals surface area contributed by atoms with Crippen LogP contribution in [0, 0.1) is 5.82 Å². The van der Waals surface area contributed by atoms with Crippen LogP contribution in [0.5, 0.6) is 0 Å². The number of hydrogen-bond acceptors (Lipinski definition) is 2. The lowest BCUT2D eigenvalue weighted by atomic mass is 9.77. The van der Waals surface area contributed by atoms with Gasteiger partial charge in [-0.2, -0.15) is 0 Å². The number of rotatable bonds is 2. The first-order chi connectivity index (χ1) is 9.72. The maximum atomic E-state index is 13.2. The lowest BCUT2D eigenvalue weighted by Crippen LogP contribution is -2.52. The average molecular weight is 276 g/mol. The minimum absolute atomic E-state index is 0.239. The predicted octanol–water partition coefficient (Wildman–Crippen LogP) is 2.07.